The quantitative estimate of drug-likeness (QED) is 0.198. The van der Waals surface area contributed by atoms with Crippen LogP contribution in [0.25, 0.3) is 0 Å². The molecule has 0 saturated carbocycles. The summed E-state index contributed by atoms with van der Waals surface area (Å²) in [6.45, 7) is 8.97. The summed E-state index contributed by atoms with van der Waals surface area (Å²) in [6.07, 6.45) is 7.88. The van der Waals surface area contributed by atoms with Crippen molar-refractivity contribution in [2.24, 2.45) is 17.8 Å². The lowest BCUT2D eigenvalue weighted by molar-refractivity contribution is -0.156. The molecule has 0 radical (unpaired) electrons. The Morgan fingerprint density at radius 2 is 1.29 bits per heavy atom. The van der Waals surface area contributed by atoms with Crippen molar-refractivity contribution in [2.75, 3.05) is 13.2 Å². The van der Waals surface area contributed by atoms with Crippen molar-refractivity contribution in [1.82, 2.24) is 0 Å². The maximum atomic E-state index is 12.5. The minimum Gasteiger partial charge on any atom is -0.465 e. The zero-order chi connectivity index (χ0) is 21.6. The maximum Gasteiger partial charge on any atom is 0.313 e. The van der Waals surface area contributed by atoms with Crippen molar-refractivity contribution in [3.63, 3.8) is 0 Å². The smallest absolute Gasteiger partial charge is 0.313 e. The molecule has 0 rings (SSSR count). The first-order valence-electron chi connectivity index (χ1n) is 10.6. The highest BCUT2D eigenvalue weighted by molar-refractivity contribution is 6.68. The predicted octanol–water partition coefficient (Wildman–Crippen LogP) is 6.88. The summed E-state index contributed by atoms with van der Waals surface area (Å²) in [7, 11) is 0. The standard InChI is InChI=1S/C21H37Cl3O4/c1-5-9-11-16(7-3)14-27-19(25)13-18(21(22,23)24)20(26)28-15-17(8-4)12-10-6-2/h16-18H,5-15H2,1-4H3. The van der Waals surface area contributed by atoms with E-state index in [0.29, 0.717) is 12.5 Å². The number of ether oxygens (including phenoxy) is 2. The van der Waals surface area contributed by atoms with Gasteiger partial charge in [0.25, 0.3) is 0 Å². The third-order valence-electron chi connectivity index (χ3n) is 5.08. The molecule has 0 heterocycles. The lowest BCUT2D eigenvalue weighted by Crippen LogP contribution is -2.33. The summed E-state index contributed by atoms with van der Waals surface area (Å²) >= 11 is 17.9. The highest BCUT2D eigenvalue weighted by Crippen LogP contribution is 2.38. The first kappa shape index (κ1) is 27.8. The number of alkyl halides is 3. The Hall–Kier alpha value is -0.190. The molecule has 0 aliphatic heterocycles. The van der Waals surface area contributed by atoms with Gasteiger partial charge in [-0.05, 0) is 24.7 Å². The molecule has 0 saturated heterocycles. The van der Waals surface area contributed by atoms with Crippen LogP contribution in [0.1, 0.15) is 85.5 Å². The van der Waals surface area contributed by atoms with Crippen molar-refractivity contribution in [1.29, 1.82) is 0 Å². The molecule has 0 N–H and O–H groups in total. The fraction of sp³-hybridized carbons (Fsp3) is 0.905. The summed E-state index contributed by atoms with van der Waals surface area (Å²) < 4.78 is 8.80. The van der Waals surface area contributed by atoms with E-state index in [-0.39, 0.29) is 18.9 Å². The first-order valence-corrected chi connectivity index (χ1v) is 11.7. The van der Waals surface area contributed by atoms with E-state index in [1.807, 2.05) is 0 Å². The number of rotatable bonds is 15. The molecule has 3 atom stereocenters. The van der Waals surface area contributed by atoms with E-state index in [1.165, 1.54) is 0 Å². The highest BCUT2D eigenvalue weighted by Gasteiger charge is 2.41. The average Bonchev–Trinajstić information content (AvgIpc) is 2.65. The van der Waals surface area contributed by atoms with Gasteiger partial charge in [0.15, 0.2) is 0 Å². The Kier molecular flexibility index (Phi) is 15.5. The van der Waals surface area contributed by atoms with Crippen LogP contribution < -0.4 is 0 Å². The molecule has 4 nitrogen and oxygen atoms in total. The van der Waals surface area contributed by atoms with Crippen LogP contribution in [0.2, 0.25) is 0 Å². The lowest BCUT2D eigenvalue weighted by atomic mass is 10.0. The van der Waals surface area contributed by atoms with Gasteiger partial charge in [0.2, 0.25) is 3.79 Å². The molecule has 0 aliphatic carbocycles. The molecule has 0 aromatic heterocycles. The summed E-state index contributed by atoms with van der Waals surface area (Å²) in [5, 5.41) is 0. The van der Waals surface area contributed by atoms with Gasteiger partial charge in [-0.15, -0.1) is 0 Å². The number of halogens is 3. The second-order valence-corrected chi connectivity index (χ2v) is 9.81. The van der Waals surface area contributed by atoms with Crippen molar-refractivity contribution in [3.05, 3.63) is 0 Å². The number of esters is 2. The number of carbonyl (C=O) groups excluding carboxylic acids is 2. The summed E-state index contributed by atoms with van der Waals surface area (Å²) in [5.41, 5.74) is 0. The van der Waals surface area contributed by atoms with Crippen LogP contribution in [-0.4, -0.2) is 28.9 Å². The van der Waals surface area contributed by atoms with Gasteiger partial charge in [0, 0.05) is 0 Å². The Balaban J connectivity index is 4.68. The number of hydrogen-bond acceptors (Lipinski definition) is 4. The van der Waals surface area contributed by atoms with Crippen molar-refractivity contribution < 1.29 is 19.1 Å². The van der Waals surface area contributed by atoms with Gasteiger partial charge in [-0.1, -0.05) is 101 Å². The van der Waals surface area contributed by atoms with Crippen molar-refractivity contribution >= 4 is 46.7 Å². The molecule has 0 aliphatic rings. The molecular formula is C21H37Cl3O4. The third kappa shape index (κ3) is 12.4. The Bertz CT molecular complexity index is 438. The van der Waals surface area contributed by atoms with Crippen LogP contribution in [-0.2, 0) is 19.1 Å². The van der Waals surface area contributed by atoms with Crippen molar-refractivity contribution in [2.45, 2.75) is 89.3 Å². The van der Waals surface area contributed by atoms with Gasteiger partial charge >= 0.3 is 11.9 Å². The van der Waals surface area contributed by atoms with Crippen LogP contribution in [0.3, 0.4) is 0 Å². The van der Waals surface area contributed by atoms with Crippen molar-refractivity contribution in [3.8, 4) is 0 Å². The fourth-order valence-corrected chi connectivity index (χ4v) is 3.36. The minimum atomic E-state index is -1.92. The zero-order valence-corrected chi connectivity index (χ0v) is 20.0. The average molecular weight is 460 g/mol. The predicted molar refractivity (Wildman–Crippen MR) is 117 cm³/mol. The molecule has 0 spiro atoms. The normalized spacial score (nSPS) is 15.0. The molecule has 0 bridgehead atoms. The van der Waals surface area contributed by atoms with Crippen LogP contribution in [0, 0.1) is 17.8 Å². The highest BCUT2D eigenvalue weighted by atomic mass is 35.6. The molecule has 0 fully saturated rings. The lowest BCUT2D eigenvalue weighted by Gasteiger charge is -2.24. The second kappa shape index (κ2) is 15.6. The monoisotopic (exact) mass is 458 g/mol. The topological polar surface area (TPSA) is 52.6 Å². The summed E-state index contributed by atoms with van der Waals surface area (Å²) in [5.74, 6) is -1.79. The molecule has 7 heteroatoms. The van der Waals surface area contributed by atoms with E-state index in [2.05, 4.69) is 27.7 Å². The van der Waals surface area contributed by atoms with E-state index in [9.17, 15) is 9.59 Å². The van der Waals surface area contributed by atoms with Gasteiger partial charge in [-0.3, -0.25) is 9.59 Å². The van der Waals surface area contributed by atoms with E-state index < -0.39 is 21.6 Å². The zero-order valence-electron chi connectivity index (χ0n) is 17.8. The van der Waals surface area contributed by atoms with Gasteiger partial charge in [0.05, 0.1) is 19.6 Å². The van der Waals surface area contributed by atoms with Gasteiger partial charge in [-0.25, -0.2) is 0 Å². The van der Waals surface area contributed by atoms with E-state index >= 15 is 0 Å². The number of unbranched alkanes of at least 4 members (excludes halogenated alkanes) is 2. The maximum absolute atomic E-state index is 12.5. The van der Waals surface area contributed by atoms with Crippen LogP contribution in [0.5, 0.6) is 0 Å². The molecule has 28 heavy (non-hydrogen) atoms. The third-order valence-corrected chi connectivity index (χ3v) is 5.87. The summed E-state index contributed by atoms with van der Waals surface area (Å²) in [6, 6.07) is 0. The van der Waals surface area contributed by atoms with E-state index in [4.69, 9.17) is 44.3 Å². The van der Waals surface area contributed by atoms with Crippen LogP contribution >= 0.6 is 34.8 Å². The molecule has 166 valence electrons. The molecule has 0 amide bonds. The van der Waals surface area contributed by atoms with Gasteiger partial charge < -0.3 is 9.47 Å². The Morgan fingerprint density at radius 3 is 1.68 bits per heavy atom. The number of carbonyl (C=O) groups is 2. The first-order chi connectivity index (χ1) is 13.2. The minimum absolute atomic E-state index is 0.274. The molecule has 3 unspecified atom stereocenters. The fourth-order valence-electron chi connectivity index (χ4n) is 2.87. The van der Waals surface area contributed by atoms with Crippen LogP contribution in [0.15, 0.2) is 0 Å². The SMILES string of the molecule is CCCCC(CC)COC(=O)CC(C(=O)OCC(CC)CCCC)C(Cl)(Cl)Cl. The second-order valence-electron chi connectivity index (χ2n) is 7.44. The Labute approximate surface area is 185 Å². The largest absolute Gasteiger partial charge is 0.465 e. The molecule has 0 aromatic rings. The van der Waals surface area contributed by atoms with E-state index in [1.54, 1.807) is 0 Å². The Morgan fingerprint density at radius 1 is 0.821 bits per heavy atom. The van der Waals surface area contributed by atoms with Gasteiger partial charge in [-0.2, -0.15) is 0 Å². The molecular weight excluding hydrogens is 423 g/mol. The van der Waals surface area contributed by atoms with Crippen LogP contribution in [0.4, 0.5) is 0 Å². The number of hydrogen-bond donors (Lipinski definition) is 0. The molecule has 0 aromatic carbocycles. The van der Waals surface area contributed by atoms with Gasteiger partial charge in [0.1, 0.15) is 5.92 Å². The summed E-state index contributed by atoms with van der Waals surface area (Å²) in [4.78, 5) is 24.7. The van der Waals surface area contributed by atoms with E-state index in [0.717, 1.165) is 51.4 Å².